The molecule has 2 aliphatic heterocycles. The Balaban J connectivity index is 1.30. The number of rotatable bonds is 20. The van der Waals surface area contributed by atoms with Gasteiger partial charge in [0, 0.05) is 44.3 Å². The summed E-state index contributed by atoms with van der Waals surface area (Å²) in [7, 11) is 0. The molecule has 12 nitrogen and oxygen atoms in total. The van der Waals surface area contributed by atoms with E-state index in [9.17, 15) is 19.2 Å². The second-order valence-corrected chi connectivity index (χ2v) is 18.8. The smallest absolute Gasteiger partial charge is 0.338 e. The summed E-state index contributed by atoms with van der Waals surface area (Å²) in [5.41, 5.74) is 13.8. The molecule has 0 amide bonds. The van der Waals surface area contributed by atoms with Crippen molar-refractivity contribution in [3.63, 3.8) is 0 Å². The predicted octanol–water partition coefficient (Wildman–Crippen LogP) is 15.2. The molecule has 0 radical (unpaired) electrons. The van der Waals surface area contributed by atoms with Crippen molar-refractivity contribution in [2.75, 3.05) is 26.4 Å². The molecule has 76 heavy (non-hydrogen) atoms. The maximum Gasteiger partial charge on any atom is 0.338 e. The lowest BCUT2D eigenvalue weighted by Crippen LogP contribution is -2.06. The SMILES string of the molecule is CCCCOC(=O)c1ccc(-c2c3nc(c(-c4ccc(C(=O)OCCCC)cc4)c4ccc([nH]4)c(-c4ccc(C(=O)OCCCC)cc4)c4nc(c(-c5ccc(C(=O)OCCCC)cc5)c5ccc2[nH]5)C=C4)C=C3)cc1. The molecule has 5 heterocycles. The normalized spacial score (nSPS) is 11.6. The van der Waals surface area contributed by atoms with Crippen LogP contribution in [0.4, 0.5) is 0 Å². The number of ether oxygens (including phenoxy) is 4. The predicted molar refractivity (Wildman–Crippen MR) is 301 cm³/mol. The van der Waals surface area contributed by atoms with Crippen molar-refractivity contribution < 1.29 is 38.1 Å². The van der Waals surface area contributed by atoms with Crippen molar-refractivity contribution in [1.82, 2.24) is 19.9 Å². The number of benzene rings is 4. The van der Waals surface area contributed by atoms with Gasteiger partial charge in [-0.15, -0.1) is 0 Å². The van der Waals surface area contributed by atoms with Crippen molar-refractivity contribution in [2.24, 2.45) is 0 Å². The van der Waals surface area contributed by atoms with Gasteiger partial charge in [0.15, 0.2) is 0 Å². The van der Waals surface area contributed by atoms with E-state index in [4.69, 9.17) is 28.9 Å². The number of carbonyl (C=O) groups is 4. The van der Waals surface area contributed by atoms with Crippen LogP contribution in [0.5, 0.6) is 0 Å². The Kier molecular flexibility index (Phi) is 16.9. The first-order valence-electron chi connectivity index (χ1n) is 26.4. The fraction of sp³-hybridized carbons (Fsp3) is 0.250. The summed E-state index contributed by atoms with van der Waals surface area (Å²) in [6.07, 6.45) is 14.7. The molecule has 2 N–H and O–H groups in total. The number of hydrogen-bond donors (Lipinski definition) is 2. The molecular weight excluding hydrogens is 953 g/mol. The summed E-state index contributed by atoms with van der Waals surface area (Å²) >= 11 is 0. The van der Waals surface area contributed by atoms with Gasteiger partial charge in [0.1, 0.15) is 0 Å². The van der Waals surface area contributed by atoms with Crippen LogP contribution in [0.25, 0.3) is 90.9 Å². The van der Waals surface area contributed by atoms with Crippen LogP contribution in [0.15, 0.2) is 121 Å². The number of aromatic amines is 2. The maximum absolute atomic E-state index is 13.1. The first-order valence-corrected chi connectivity index (χ1v) is 26.4. The minimum Gasteiger partial charge on any atom is -0.462 e. The summed E-state index contributed by atoms with van der Waals surface area (Å²) in [5.74, 6) is -1.54. The molecule has 0 atom stereocenters. The Morgan fingerprint density at radius 3 is 0.737 bits per heavy atom. The number of aromatic nitrogens is 4. The fourth-order valence-corrected chi connectivity index (χ4v) is 9.08. The second-order valence-electron chi connectivity index (χ2n) is 18.8. The zero-order chi connectivity index (χ0) is 53.0. The van der Waals surface area contributed by atoms with Gasteiger partial charge in [0.05, 0.1) is 71.5 Å². The molecule has 3 aromatic heterocycles. The van der Waals surface area contributed by atoms with E-state index < -0.39 is 0 Å². The van der Waals surface area contributed by atoms with E-state index in [-0.39, 0.29) is 23.9 Å². The fourth-order valence-electron chi connectivity index (χ4n) is 9.08. The summed E-state index contributed by atoms with van der Waals surface area (Å²) in [5, 5.41) is 0. The monoisotopic (exact) mass is 1010 g/mol. The summed E-state index contributed by atoms with van der Waals surface area (Å²) in [6, 6.07) is 37.5. The lowest BCUT2D eigenvalue weighted by Gasteiger charge is -2.09. The number of fused-ring (bicyclic) bond motifs is 8. The highest BCUT2D eigenvalue weighted by Crippen LogP contribution is 2.39. The highest BCUT2D eigenvalue weighted by molar-refractivity contribution is 6.01. The number of nitrogens with one attached hydrogen (secondary N) is 2. The van der Waals surface area contributed by atoms with E-state index in [1.54, 1.807) is 48.5 Å². The Morgan fingerprint density at radius 1 is 0.329 bits per heavy atom. The van der Waals surface area contributed by atoms with Crippen molar-refractivity contribution in [3.8, 4) is 44.5 Å². The Bertz CT molecular complexity index is 3020. The third kappa shape index (κ3) is 11.8. The molecule has 12 heteroatoms. The average Bonchev–Trinajstić information content (AvgIpc) is 4.33. The van der Waals surface area contributed by atoms with Crippen LogP contribution in [0.1, 0.15) is 143 Å². The van der Waals surface area contributed by atoms with Gasteiger partial charge in [0.2, 0.25) is 0 Å². The largest absolute Gasteiger partial charge is 0.462 e. The molecule has 0 aliphatic carbocycles. The van der Waals surface area contributed by atoms with Crippen molar-refractivity contribution >= 4 is 70.2 Å². The van der Waals surface area contributed by atoms with Crippen LogP contribution in [0.2, 0.25) is 0 Å². The Hall–Kier alpha value is -8.64. The zero-order valence-corrected chi connectivity index (χ0v) is 43.5. The number of hydrogen-bond acceptors (Lipinski definition) is 10. The van der Waals surface area contributed by atoms with Crippen LogP contribution >= 0.6 is 0 Å². The van der Waals surface area contributed by atoms with Crippen LogP contribution in [0.3, 0.4) is 0 Å². The minimum atomic E-state index is -0.385. The summed E-state index contributed by atoms with van der Waals surface area (Å²) in [6.45, 7) is 9.59. The van der Waals surface area contributed by atoms with Crippen molar-refractivity contribution in [1.29, 1.82) is 0 Å². The molecule has 0 saturated carbocycles. The van der Waals surface area contributed by atoms with E-state index in [1.165, 1.54) is 0 Å². The van der Waals surface area contributed by atoms with E-state index in [2.05, 4.69) is 37.7 Å². The van der Waals surface area contributed by atoms with Crippen LogP contribution in [-0.2, 0) is 18.9 Å². The standard InChI is InChI=1S/C64H62N4O8/c1-5-9-37-73-61(69)45-21-13-41(14-22-45)57-49-29-31-51(65-49)58(42-15-23-46(24-16-42)62(70)74-38-10-6-2)53-33-35-55(67-53)60(44-19-27-48(28-20-44)64(72)76-40-12-8-4)56-36-34-54(68-56)59(52-32-30-50(57)66-52)43-17-25-47(26-18-43)63(71)75-39-11-7-3/h13-36,65,68H,5-12,37-40H2,1-4H3. The molecule has 4 aromatic carbocycles. The second kappa shape index (κ2) is 24.6. The Morgan fingerprint density at radius 2 is 0.539 bits per heavy atom. The third-order valence-electron chi connectivity index (χ3n) is 13.3. The van der Waals surface area contributed by atoms with Crippen molar-refractivity contribution in [3.05, 3.63) is 166 Å². The van der Waals surface area contributed by atoms with Gasteiger partial charge in [-0.2, -0.15) is 0 Å². The minimum absolute atomic E-state index is 0.348. The molecule has 2 aliphatic rings. The Labute approximate surface area is 442 Å². The number of H-pyrrole nitrogens is 2. The molecule has 386 valence electrons. The van der Waals surface area contributed by atoms with Crippen LogP contribution in [-0.4, -0.2) is 70.2 Å². The number of unbranched alkanes of at least 4 members (excludes halogenated alkanes) is 4. The van der Waals surface area contributed by atoms with Gasteiger partial charge in [-0.3, -0.25) is 0 Å². The number of nitrogens with zero attached hydrogens (tertiary/aromatic N) is 2. The van der Waals surface area contributed by atoms with Gasteiger partial charge in [-0.05, 0) is 145 Å². The lowest BCUT2D eigenvalue weighted by atomic mass is 10.0. The quantitative estimate of drug-likeness (QED) is 0.0427. The van der Waals surface area contributed by atoms with Gasteiger partial charge in [0.25, 0.3) is 0 Å². The van der Waals surface area contributed by atoms with Gasteiger partial charge in [-0.25, -0.2) is 29.1 Å². The van der Waals surface area contributed by atoms with Gasteiger partial charge >= 0.3 is 23.9 Å². The van der Waals surface area contributed by atoms with Crippen LogP contribution < -0.4 is 0 Å². The number of esters is 4. The van der Waals surface area contributed by atoms with E-state index in [0.717, 1.165) is 118 Å². The molecule has 0 spiro atoms. The van der Waals surface area contributed by atoms with E-state index >= 15 is 0 Å². The molecule has 7 aromatic rings. The molecule has 9 rings (SSSR count). The first kappa shape index (κ1) is 52.2. The zero-order valence-electron chi connectivity index (χ0n) is 43.5. The van der Waals surface area contributed by atoms with Crippen LogP contribution in [0, 0.1) is 0 Å². The maximum atomic E-state index is 13.1. The lowest BCUT2D eigenvalue weighted by molar-refractivity contribution is 0.0490. The molecule has 0 fully saturated rings. The molecular formula is C64H62N4O8. The van der Waals surface area contributed by atoms with E-state index in [1.807, 2.05) is 97.1 Å². The third-order valence-corrected chi connectivity index (χ3v) is 13.3. The molecule has 8 bridgehead atoms. The average molecular weight is 1020 g/mol. The van der Waals surface area contributed by atoms with Gasteiger partial charge < -0.3 is 28.9 Å². The topological polar surface area (TPSA) is 163 Å². The highest BCUT2D eigenvalue weighted by atomic mass is 16.5. The van der Waals surface area contributed by atoms with Gasteiger partial charge in [-0.1, -0.05) is 102 Å². The summed E-state index contributed by atoms with van der Waals surface area (Å²) in [4.78, 5) is 70.7. The van der Waals surface area contributed by atoms with E-state index in [0.29, 0.717) is 71.5 Å². The summed E-state index contributed by atoms with van der Waals surface area (Å²) < 4.78 is 22.2. The molecule has 0 unspecified atom stereocenters. The van der Waals surface area contributed by atoms with Crippen molar-refractivity contribution in [2.45, 2.75) is 79.1 Å². The number of carbonyl (C=O) groups excluding carboxylic acids is 4. The highest BCUT2D eigenvalue weighted by Gasteiger charge is 2.21. The first-order chi connectivity index (χ1) is 37.2. The molecule has 0 saturated heterocycles.